The Morgan fingerprint density at radius 1 is 1.78 bits per heavy atom. The first-order valence-corrected chi connectivity index (χ1v) is 2.92. The molecule has 9 heavy (non-hydrogen) atoms. The van der Waals surface area contributed by atoms with Crippen LogP contribution in [0.4, 0.5) is 4.39 Å². The number of hydrogen-bond acceptors (Lipinski definition) is 0. The fourth-order valence-corrected chi connectivity index (χ4v) is 0.566. The van der Waals surface area contributed by atoms with E-state index in [9.17, 15) is 4.39 Å². The lowest BCUT2D eigenvalue weighted by molar-refractivity contribution is 0.626. The highest BCUT2D eigenvalue weighted by atomic mass is 79.9. The average Bonchev–Trinajstić information content (AvgIpc) is 2.09. The lowest BCUT2D eigenvalue weighted by Crippen LogP contribution is -1.77. The highest BCUT2D eigenvalue weighted by Gasteiger charge is 1.89. The van der Waals surface area contributed by atoms with Crippen molar-refractivity contribution in [3.63, 3.8) is 0 Å². The Balaban J connectivity index is 3.68. The van der Waals surface area contributed by atoms with Crippen molar-refractivity contribution in [1.29, 1.82) is 0 Å². The third-order valence-corrected chi connectivity index (χ3v) is 1.09. The Morgan fingerprint density at radius 3 is 3.22 bits per heavy atom. The van der Waals surface area contributed by atoms with E-state index in [4.69, 9.17) is 8.22 Å². The summed E-state index contributed by atoms with van der Waals surface area (Å²) in [5, 5.41) is -2.26. The summed E-state index contributed by atoms with van der Waals surface area (Å²) in [6.45, 7) is 0. The highest BCUT2D eigenvalue weighted by molar-refractivity contribution is 9.08. The fourth-order valence-electron chi connectivity index (χ4n) is 0.368. The summed E-state index contributed by atoms with van der Waals surface area (Å²) in [5.74, 6) is -1.28. The van der Waals surface area contributed by atoms with Crippen LogP contribution in [-0.4, -0.2) is 0 Å². The molecular formula is C7H6BrF. The van der Waals surface area contributed by atoms with Gasteiger partial charge in [-0.2, -0.15) is 0 Å². The molecule has 0 aliphatic rings. The number of rotatable bonds is 1. The van der Waals surface area contributed by atoms with Gasteiger partial charge in [-0.1, -0.05) is 28.0 Å². The third-order valence-electron chi connectivity index (χ3n) is 0.689. The van der Waals surface area contributed by atoms with Gasteiger partial charge in [0.1, 0.15) is 5.82 Å². The zero-order valence-electron chi connectivity index (χ0n) is 10.3. The van der Waals surface area contributed by atoms with Crippen LogP contribution in [0.1, 0.15) is 13.8 Å². The first kappa shape index (κ1) is 2.35. The van der Waals surface area contributed by atoms with Crippen LogP contribution in [0.2, 0.25) is 0 Å². The van der Waals surface area contributed by atoms with E-state index in [-0.39, 0.29) is 0 Å². The second kappa shape index (κ2) is 2.97. The second-order valence-corrected chi connectivity index (χ2v) is 1.68. The second-order valence-electron chi connectivity index (χ2n) is 1.28. The molecule has 1 aromatic rings. The van der Waals surface area contributed by atoms with E-state index in [0.717, 1.165) is 0 Å². The number of benzene rings is 1. The van der Waals surface area contributed by atoms with Crippen molar-refractivity contribution in [2.45, 2.75) is 5.28 Å². The van der Waals surface area contributed by atoms with E-state index in [2.05, 4.69) is 15.9 Å². The summed E-state index contributed by atoms with van der Waals surface area (Å²) in [4.78, 5) is 0. The van der Waals surface area contributed by atoms with Crippen LogP contribution in [0.25, 0.3) is 0 Å². The fraction of sp³-hybridized carbons (Fsp3) is 0.143. The molecule has 2 heteroatoms. The average molecular weight is 195 g/mol. The SMILES string of the molecule is [2H]c1c([2H])c(F)c([2H])c(C([2H])([2H])Br)c1[2H]. The van der Waals surface area contributed by atoms with Gasteiger partial charge in [0.05, 0.1) is 5.48 Å². The Morgan fingerprint density at radius 2 is 2.56 bits per heavy atom. The predicted octanol–water partition coefficient (Wildman–Crippen LogP) is 2.72. The van der Waals surface area contributed by atoms with Crippen molar-refractivity contribution in [1.82, 2.24) is 0 Å². The Labute approximate surface area is 70.3 Å². The zero-order valence-corrected chi connectivity index (χ0v) is 5.84. The Bertz CT molecular complexity index is 384. The van der Waals surface area contributed by atoms with Gasteiger partial charge in [-0.3, -0.25) is 0 Å². The van der Waals surface area contributed by atoms with Gasteiger partial charge in [-0.25, -0.2) is 4.39 Å². The molecule has 0 saturated carbocycles. The molecule has 0 aliphatic carbocycles. The molecule has 0 fully saturated rings. The molecule has 0 unspecified atom stereocenters. The quantitative estimate of drug-likeness (QED) is 0.604. The number of hydrogen-bond donors (Lipinski definition) is 0. The molecule has 0 bridgehead atoms. The first-order chi connectivity index (χ1) is 6.68. The van der Waals surface area contributed by atoms with E-state index in [1.807, 2.05) is 0 Å². The molecule has 0 radical (unpaired) electrons. The summed E-state index contributed by atoms with van der Waals surface area (Å²) in [6.07, 6.45) is 0. The van der Waals surface area contributed by atoms with Crippen LogP contribution in [0.3, 0.4) is 0 Å². The summed E-state index contributed by atoms with van der Waals surface area (Å²) < 4.78 is 56.6. The standard InChI is InChI=1S/C7H6BrF/c8-5-6-2-1-3-7(9)4-6/h1-4H,5H2/i1D,2D,3D,4D,5D2. The van der Waals surface area contributed by atoms with Crippen molar-refractivity contribution < 1.29 is 12.6 Å². The van der Waals surface area contributed by atoms with Crippen molar-refractivity contribution in [3.8, 4) is 0 Å². The minimum absolute atomic E-state index is 0.569. The summed E-state index contributed by atoms with van der Waals surface area (Å²) >= 11 is 2.56. The van der Waals surface area contributed by atoms with E-state index in [0.29, 0.717) is 0 Å². The van der Waals surface area contributed by atoms with Crippen LogP contribution in [-0.2, 0) is 5.28 Å². The molecule has 1 rings (SSSR count). The molecule has 0 saturated heterocycles. The van der Waals surface area contributed by atoms with Gasteiger partial charge in [0.2, 0.25) is 0 Å². The maximum Gasteiger partial charge on any atom is 0.123 e. The van der Waals surface area contributed by atoms with Crippen LogP contribution in [0, 0.1) is 5.82 Å². The topological polar surface area (TPSA) is 0 Å². The third kappa shape index (κ3) is 1.79. The van der Waals surface area contributed by atoms with Crippen LogP contribution in [0.15, 0.2) is 24.2 Å². The minimum atomic E-state index is -2.26. The van der Waals surface area contributed by atoms with Crippen molar-refractivity contribution in [2.75, 3.05) is 0 Å². The molecule has 0 N–H and O–H groups in total. The summed E-state index contributed by atoms with van der Waals surface area (Å²) in [5.41, 5.74) is -0.569. The van der Waals surface area contributed by atoms with Crippen molar-refractivity contribution >= 4 is 15.9 Å². The Hall–Kier alpha value is -0.370. The summed E-state index contributed by atoms with van der Waals surface area (Å²) in [7, 11) is 0. The van der Waals surface area contributed by atoms with Crippen LogP contribution < -0.4 is 0 Å². The van der Waals surface area contributed by atoms with Gasteiger partial charge in [0.15, 0.2) is 0 Å². The monoisotopic (exact) mass is 194 g/mol. The Kier molecular flexibility index (Phi) is 0.774. The van der Waals surface area contributed by atoms with E-state index < -0.39 is 40.8 Å². The number of halogens is 2. The molecule has 1 aromatic carbocycles. The first-order valence-electron chi connectivity index (χ1n) is 5.13. The zero-order chi connectivity index (χ0) is 12.0. The van der Waals surface area contributed by atoms with Gasteiger partial charge in [-0.05, 0) is 17.6 Å². The normalized spacial score (nSPS) is 20.7. The molecule has 0 atom stereocenters. The highest BCUT2D eigenvalue weighted by Crippen LogP contribution is 2.06. The van der Waals surface area contributed by atoms with Crippen molar-refractivity contribution in [2.24, 2.45) is 0 Å². The van der Waals surface area contributed by atoms with E-state index in [1.165, 1.54) is 0 Å². The molecule has 0 aromatic heterocycles. The van der Waals surface area contributed by atoms with E-state index >= 15 is 0 Å². The maximum atomic E-state index is 13.2. The molecular weight excluding hydrogens is 183 g/mol. The van der Waals surface area contributed by atoms with Gasteiger partial charge < -0.3 is 0 Å². The molecule has 0 amide bonds. The number of alkyl halides is 1. The molecule has 0 nitrogen and oxygen atoms in total. The molecule has 0 heterocycles. The van der Waals surface area contributed by atoms with Gasteiger partial charge in [0, 0.05) is 8.02 Å². The largest absolute Gasteiger partial charge is 0.207 e. The lowest BCUT2D eigenvalue weighted by atomic mass is 10.2. The predicted molar refractivity (Wildman–Crippen MR) is 39.0 cm³/mol. The molecule has 0 spiro atoms. The lowest BCUT2D eigenvalue weighted by Gasteiger charge is -1.91. The van der Waals surface area contributed by atoms with Gasteiger partial charge in [-0.15, -0.1) is 0 Å². The molecule has 48 valence electrons. The van der Waals surface area contributed by atoms with Crippen LogP contribution >= 0.6 is 15.9 Å². The van der Waals surface area contributed by atoms with Gasteiger partial charge in [0.25, 0.3) is 0 Å². The van der Waals surface area contributed by atoms with Crippen molar-refractivity contribution in [3.05, 3.63) is 35.6 Å². The summed E-state index contributed by atoms with van der Waals surface area (Å²) in [6, 6.07) is -3.08. The molecule has 0 aliphatic heterocycles. The smallest absolute Gasteiger partial charge is 0.123 e. The van der Waals surface area contributed by atoms with Crippen LogP contribution in [0.5, 0.6) is 0 Å². The van der Waals surface area contributed by atoms with Gasteiger partial charge >= 0.3 is 0 Å². The minimum Gasteiger partial charge on any atom is -0.207 e. The van der Waals surface area contributed by atoms with E-state index in [1.54, 1.807) is 0 Å². The maximum absolute atomic E-state index is 13.2.